The van der Waals surface area contributed by atoms with Crippen LogP contribution in [0.2, 0.25) is 0 Å². The van der Waals surface area contributed by atoms with Crippen LogP contribution in [0.5, 0.6) is 0 Å². The molecule has 14 rings (SSSR count). The third-order valence-electron chi connectivity index (χ3n) is 14.8. The molecule has 14 aromatic rings. The topological polar surface area (TPSA) is 0 Å². The average molecular weight is 885 g/mol. The Hall–Kier alpha value is -9.10. The van der Waals surface area contributed by atoms with Crippen molar-refractivity contribution in [1.29, 1.82) is 0 Å². The SMILES string of the molecule is c1ccc2cc(-c3c4ccccc4c(-c4ccc(-c5ccc(-c6ccc7c(-c8ccc9ccccc9c8)c8ccccc8c(-c8ccc9ccccc9c8)c7c6)cc5)cc4)c4ccccc34)ccc2c1. The van der Waals surface area contributed by atoms with Gasteiger partial charge in [0.2, 0.25) is 0 Å². The molecule has 14 aromatic carbocycles. The molecule has 0 saturated carbocycles. The minimum Gasteiger partial charge on any atom is -0.0616 e. The van der Waals surface area contributed by atoms with Crippen LogP contribution in [-0.4, -0.2) is 0 Å². The van der Waals surface area contributed by atoms with Crippen molar-refractivity contribution < 1.29 is 0 Å². The fourth-order valence-corrected chi connectivity index (χ4v) is 11.4. The summed E-state index contributed by atoms with van der Waals surface area (Å²) in [4.78, 5) is 0. The minimum atomic E-state index is 1.19. The zero-order chi connectivity index (χ0) is 46.1. The van der Waals surface area contributed by atoms with Crippen molar-refractivity contribution >= 4 is 75.4 Å². The molecule has 0 N–H and O–H groups in total. The third kappa shape index (κ3) is 6.61. The highest BCUT2D eigenvalue weighted by atomic mass is 14.2. The molecule has 0 saturated heterocycles. The summed E-state index contributed by atoms with van der Waals surface area (Å²) in [6.45, 7) is 0. The van der Waals surface area contributed by atoms with E-state index in [-0.39, 0.29) is 0 Å². The standard InChI is InChI=1S/C70H44/c1-4-16-52-41-56(36-31-45(52)13-1)68-61-21-9-7-19-59(61)67(60-20-8-10-22-62(60)68)51-34-29-49(30-35-51)48-25-27-50(28-26-48)55-39-40-65-66(44-55)70(58-38-33-47-15-3-6-18-54(47)43-58)64-24-12-11-23-63(64)69(65)57-37-32-46-14-2-5-17-53(46)42-57/h1-44H. The summed E-state index contributed by atoms with van der Waals surface area (Å²) in [5.41, 5.74) is 14.8. The van der Waals surface area contributed by atoms with E-state index in [1.807, 2.05) is 0 Å². The molecule has 0 atom stereocenters. The van der Waals surface area contributed by atoms with Crippen molar-refractivity contribution in [2.45, 2.75) is 0 Å². The van der Waals surface area contributed by atoms with E-state index in [0.29, 0.717) is 0 Å². The lowest BCUT2D eigenvalue weighted by Crippen LogP contribution is -1.92. The molecular weight excluding hydrogens is 841 g/mol. The molecular formula is C70H44. The van der Waals surface area contributed by atoms with Gasteiger partial charge in [-0.05, 0) is 166 Å². The normalized spacial score (nSPS) is 11.7. The average Bonchev–Trinajstić information content (AvgIpc) is 3.43. The Balaban J connectivity index is 0.868. The Kier molecular flexibility index (Phi) is 9.32. The van der Waals surface area contributed by atoms with Gasteiger partial charge in [0.1, 0.15) is 0 Å². The van der Waals surface area contributed by atoms with Crippen LogP contribution in [0.1, 0.15) is 0 Å². The van der Waals surface area contributed by atoms with Crippen LogP contribution < -0.4 is 0 Å². The molecule has 0 bridgehead atoms. The van der Waals surface area contributed by atoms with Gasteiger partial charge in [-0.3, -0.25) is 0 Å². The Bertz CT molecular complexity index is 4330. The van der Waals surface area contributed by atoms with E-state index in [0.717, 1.165) is 0 Å². The number of hydrogen-bond donors (Lipinski definition) is 0. The maximum atomic E-state index is 2.43. The molecule has 0 amide bonds. The first-order valence-electron chi connectivity index (χ1n) is 24.3. The highest BCUT2D eigenvalue weighted by molar-refractivity contribution is 6.24. The molecule has 0 fully saturated rings. The molecule has 0 aromatic heterocycles. The predicted octanol–water partition coefficient (Wildman–Crippen LogP) is 19.8. The summed E-state index contributed by atoms with van der Waals surface area (Å²) < 4.78 is 0. The molecule has 70 heavy (non-hydrogen) atoms. The molecule has 0 nitrogen and oxygen atoms in total. The fraction of sp³-hybridized carbons (Fsp3) is 0. The minimum absolute atomic E-state index is 1.19. The molecule has 0 radical (unpaired) electrons. The van der Waals surface area contributed by atoms with Crippen molar-refractivity contribution in [3.63, 3.8) is 0 Å². The summed E-state index contributed by atoms with van der Waals surface area (Å²) in [5.74, 6) is 0. The second kappa shape index (κ2) is 16.3. The Morgan fingerprint density at radius 3 is 0.743 bits per heavy atom. The summed E-state index contributed by atoms with van der Waals surface area (Å²) >= 11 is 0. The Morgan fingerprint density at radius 1 is 0.129 bits per heavy atom. The van der Waals surface area contributed by atoms with Gasteiger partial charge in [-0.15, -0.1) is 0 Å². The van der Waals surface area contributed by atoms with Gasteiger partial charge in [0.15, 0.2) is 0 Å². The van der Waals surface area contributed by atoms with E-state index in [1.165, 1.54) is 142 Å². The van der Waals surface area contributed by atoms with Crippen LogP contribution in [0.4, 0.5) is 0 Å². The van der Waals surface area contributed by atoms with Crippen molar-refractivity contribution in [3.8, 4) is 66.8 Å². The van der Waals surface area contributed by atoms with Gasteiger partial charge in [0.05, 0.1) is 0 Å². The number of rotatable bonds is 6. The van der Waals surface area contributed by atoms with Crippen LogP contribution in [0, 0.1) is 0 Å². The van der Waals surface area contributed by atoms with Crippen LogP contribution in [-0.2, 0) is 0 Å². The first kappa shape index (κ1) is 40.0. The van der Waals surface area contributed by atoms with Crippen molar-refractivity contribution in [3.05, 3.63) is 267 Å². The molecule has 0 aliphatic heterocycles. The van der Waals surface area contributed by atoms with Crippen LogP contribution in [0.15, 0.2) is 267 Å². The smallest absolute Gasteiger partial charge is 0.00259 e. The van der Waals surface area contributed by atoms with E-state index in [9.17, 15) is 0 Å². The van der Waals surface area contributed by atoms with E-state index in [2.05, 4.69) is 267 Å². The largest absolute Gasteiger partial charge is 0.0616 e. The number of hydrogen-bond acceptors (Lipinski definition) is 0. The maximum Gasteiger partial charge on any atom is -0.00259 e. The quantitative estimate of drug-likeness (QED) is 0.146. The van der Waals surface area contributed by atoms with Gasteiger partial charge in [-0.25, -0.2) is 0 Å². The summed E-state index contributed by atoms with van der Waals surface area (Å²) in [7, 11) is 0. The molecule has 0 aliphatic carbocycles. The van der Waals surface area contributed by atoms with Gasteiger partial charge in [0.25, 0.3) is 0 Å². The van der Waals surface area contributed by atoms with E-state index in [1.54, 1.807) is 0 Å². The van der Waals surface area contributed by atoms with Gasteiger partial charge in [-0.2, -0.15) is 0 Å². The summed E-state index contributed by atoms with van der Waals surface area (Å²) in [6.07, 6.45) is 0. The number of benzene rings is 14. The maximum absolute atomic E-state index is 2.43. The highest BCUT2D eigenvalue weighted by Gasteiger charge is 2.20. The predicted molar refractivity (Wildman–Crippen MR) is 302 cm³/mol. The van der Waals surface area contributed by atoms with Gasteiger partial charge in [0, 0.05) is 0 Å². The van der Waals surface area contributed by atoms with E-state index in [4.69, 9.17) is 0 Å². The van der Waals surface area contributed by atoms with Crippen molar-refractivity contribution in [1.82, 2.24) is 0 Å². The second-order valence-corrected chi connectivity index (χ2v) is 18.7. The van der Waals surface area contributed by atoms with Crippen LogP contribution >= 0.6 is 0 Å². The summed E-state index contributed by atoms with van der Waals surface area (Å²) in [6, 6.07) is 99.0. The first-order valence-corrected chi connectivity index (χ1v) is 24.3. The lowest BCUT2D eigenvalue weighted by atomic mass is 9.84. The molecule has 0 heteroatoms. The van der Waals surface area contributed by atoms with Gasteiger partial charge in [-0.1, -0.05) is 243 Å². The Morgan fingerprint density at radius 2 is 0.371 bits per heavy atom. The second-order valence-electron chi connectivity index (χ2n) is 18.7. The van der Waals surface area contributed by atoms with Crippen molar-refractivity contribution in [2.75, 3.05) is 0 Å². The zero-order valence-corrected chi connectivity index (χ0v) is 38.4. The molecule has 0 spiro atoms. The van der Waals surface area contributed by atoms with Crippen LogP contribution in [0.3, 0.4) is 0 Å². The molecule has 0 unspecified atom stereocenters. The first-order chi connectivity index (χ1) is 34.7. The lowest BCUT2D eigenvalue weighted by Gasteiger charge is -2.19. The zero-order valence-electron chi connectivity index (χ0n) is 38.4. The fourth-order valence-electron chi connectivity index (χ4n) is 11.4. The molecule has 0 aliphatic rings. The van der Waals surface area contributed by atoms with Gasteiger partial charge < -0.3 is 0 Å². The molecule has 0 heterocycles. The third-order valence-corrected chi connectivity index (χ3v) is 14.8. The van der Waals surface area contributed by atoms with Crippen molar-refractivity contribution in [2.24, 2.45) is 0 Å². The number of fused-ring (bicyclic) bond motifs is 7. The summed E-state index contributed by atoms with van der Waals surface area (Å²) in [5, 5.41) is 17.6. The monoisotopic (exact) mass is 884 g/mol. The Labute approximate surface area is 407 Å². The molecule has 324 valence electrons. The van der Waals surface area contributed by atoms with Crippen LogP contribution in [0.25, 0.3) is 142 Å². The lowest BCUT2D eigenvalue weighted by molar-refractivity contribution is 1.59. The van der Waals surface area contributed by atoms with Gasteiger partial charge >= 0.3 is 0 Å². The van der Waals surface area contributed by atoms with E-state index >= 15 is 0 Å². The highest BCUT2D eigenvalue weighted by Crippen LogP contribution is 2.47. The van der Waals surface area contributed by atoms with E-state index < -0.39 is 0 Å².